The number of piperazine rings is 2. The van der Waals surface area contributed by atoms with Crippen molar-refractivity contribution in [3.05, 3.63) is 146 Å². The number of nitrogens with zero attached hydrogens (tertiary/aromatic N) is 7. The molecule has 6 amide bonds. The number of carbonyl (C=O) groups is 6. The second-order valence-electron chi connectivity index (χ2n) is 22.7. The van der Waals surface area contributed by atoms with E-state index in [0.717, 1.165) is 84.2 Å². The molecule has 2 N–H and O–H groups in total. The molecule has 4 aliphatic rings. The molecule has 4 aromatic carbocycles. The van der Waals surface area contributed by atoms with E-state index >= 15 is 0 Å². The third kappa shape index (κ3) is 17.5. The lowest BCUT2D eigenvalue weighted by atomic mass is 9.83. The summed E-state index contributed by atoms with van der Waals surface area (Å²) in [6, 6.07) is 22.1. The van der Waals surface area contributed by atoms with Crippen LogP contribution in [-0.4, -0.2) is 166 Å². The third-order valence-electron chi connectivity index (χ3n) is 15.7. The maximum absolute atomic E-state index is 14.7. The van der Waals surface area contributed by atoms with Gasteiger partial charge in [0.2, 0.25) is 24.1 Å². The first-order valence-electron chi connectivity index (χ1n) is 29.1. The predicted molar refractivity (Wildman–Crippen MR) is 311 cm³/mol. The summed E-state index contributed by atoms with van der Waals surface area (Å²) < 4.78 is 47.1. The van der Waals surface area contributed by atoms with Crippen molar-refractivity contribution < 1.29 is 46.7 Å². The van der Waals surface area contributed by atoms with Crippen molar-refractivity contribution in [3.63, 3.8) is 0 Å². The van der Waals surface area contributed by atoms with Gasteiger partial charge in [0.1, 0.15) is 35.6 Å². The van der Waals surface area contributed by atoms with Crippen LogP contribution in [0.2, 0.25) is 0 Å². The monoisotopic (exact) mass is 1150 g/mol. The van der Waals surface area contributed by atoms with Crippen molar-refractivity contribution in [1.29, 1.82) is 0 Å². The van der Waals surface area contributed by atoms with Gasteiger partial charge >= 0.3 is 6.09 Å². The predicted octanol–water partition coefficient (Wildman–Crippen LogP) is 8.22. The van der Waals surface area contributed by atoms with Crippen molar-refractivity contribution >= 4 is 46.9 Å². The van der Waals surface area contributed by atoms with Crippen molar-refractivity contribution in [1.82, 2.24) is 44.9 Å². The Morgan fingerprint density at radius 2 is 1.46 bits per heavy atom. The molecular weight excluding hydrogens is 1070 g/mol. The summed E-state index contributed by atoms with van der Waals surface area (Å²) in [5.74, 6) is -2.65. The topological polar surface area (TPSA) is 189 Å². The molecule has 20 heteroatoms. The van der Waals surface area contributed by atoms with Gasteiger partial charge in [0.05, 0.1) is 24.2 Å². The van der Waals surface area contributed by atoms with Crippen LogP contribution in [0.15, 0.2) is 89.7 Å². The highest BCUT2D eigenvalue weighted by atomic mass is 19.1. The number of amides is 6. The number of aromatic amines is 1. The molecule has 83 heavy (non-hydrogen) atoms. The van der Waals surface area contributed by atoms with E-state index in [1.165, 1.54) is 12.1 Å². The molecule has 0 spiro atoms. The quantitative estimate of drug-likeness (QED) is 0.103. The number of nitrogens with one attached hydrogen (secondary N) is 2. The van der Waals surface area contributed by atoms with E-state index in [1.807, 2.05) is 55.1 Å². The Balaban J connectivity index is 0.000000374. The number of rotatable bonds is 14. The molecule has 1 aliphatic carbocycles. The Morgan fingerprint density at radius 3 is 2.13 bits per heavy atom. The van der Waals surface area contributed by atoms with Crippen LogP contribution in [0, 0.1) is 30.3 Å². The molecule has 1 unspecified atom stereocenters. The number of aryl methyl sites for hydroxylation is 1. The zero-order valence-electron chi connectivity index (χ0n) is 48.8. The molecule has 1 aromatic heterocycles. The fraction of sp³-hybridized carbons (Fsp3) is 0.492. The number of carbonyl (C=O) groups excluding carboxylic acids is 6. The Labute approximate surface area is 484 Å². The molecule has 4 heterocycles. The molecule has 1 saturated carbocycles. The van der Waals surface area contributed by atoms with Crippen LogP contribution in [0.3, 0.4) is 0 Å². The summed E-state index contributed by atoms with van der Waals surface area (Å²) in [6.45, 7) is 15.3. The van der Waals surface area contributed by atoms with Gasteiger partial charge in [-0.25, -0.2) is 23.1 Å². The van der Waals surface area contributed by atoms with Crippen LogP contribution in [0.4, 0.5) is 18.0 Å². The number of hydrogen-bond donors (Lipinski definition) is 2. The van der Waals surface area contributed by atoms with E-state index in [2.05, 4.69) is 20.4 Å². The summed E-state index contributed by atoms with van der Waals surface area (Å²) in [7, 11) is 0. The smallest absolute Gasteiger partial charge is 0.411 e. The number of fused-ring (bicyclic) bond motifs is 1. The lowest BCUT2D eigenvalue weighted by molar-refractivity contribution is -0.139. The first-order chi connectivity index (χ1) is 39.8. The first-order valence-corrected chi connectivity index (χ1v) is 29.1. The van der Waals surface area contributed by atoms with Gasteiger partial charge in [0, 0.05) is 100 Å². The second kappa shape index (κ2) is 29.6. The van der Waals surface area contributed by atoms with Gasteiger partial charge < -0.3 is 29.7 Å². The standard InChI is InChI=1S/C45H61F2N7O7.C16H13FN2O.C2H6/c1-45(2,3)61-44(60)54(28-36-14-15-37(46)26-38(36)47)30-40(57)53-16-8-13-35(27-53)33-11-7-12-34(25-33)42(58)48-41(32-9-5-4-6-10-32)43(59)52-23-17-49(18-24-52)29-39(56)51-21-19-50(31-55)20-22-51;1-10-8-11(6-7-14(10)17)9-15-12-4-2-3-5-13(12)16(20)19-18-15;1-2/h7,11-12,14-15,25-26,31-32,35,41H,4-6,8-10,13,16-24,27-30H2,1-3H3,(H,48,58);2-8H,9H2,1H3,(H,19,20);1-2H3/t35?,41-;;/m1../s1. The van der Waals surface area contributed by atoms with Gasteiger partial charge in [-0.1, -0.05) is 81.6 Å². The number of likely N-dealkylation sites (tertiary alicyclic amines) is 1. The molecule has 446 valence electrons. The Hall–Kier alpha value is -7.61. The molecule has 17 nitrogen and oxygen atoms in total. The average molecular weight is 1150 g/mol. The molecule has 2 atom stereocenters. The number of H-pyrrole nitrogens is 1. The largest absolute Gasteiger partial charge is 0.444 e. The van der Waals surface area contributed by atoms with E-state index < -0.39 is 29.4 Å². The summed E-state index contributed by atoms with van der Waals surface area (Å²) >= 11 is 0. The SMILES string of the molecule is CC.CC(C)(C)OC(=O)N(CC(=O)N1CCCC(c2cccc(C(=O)N[C@@H](C(=O)N3CCN(CC(=O)N4CCN(C=O)CC4)CC3)C3CCCCC3)c2)C1)Cc1ccc(F)cc1F.Cc1cc(Cc2n[nH]c(=O)c3ccccc23)ccc1F. The van der Waals surface area contributed by atoms with Gasteiger partial charge in [-0.2, -0.15) is 5.10 Å². The van der Waals surface area contributed by atoms with Gasteiger partial charge in [0.25, 0.3) is 11.5 Å². The van der Waals surface area contributed by atoms with Gasteiger partial charge in [-0.15, -0.1) is 0 Å². The second-order valence-corrected chi connectivity index (χ2v) is 22.7. The van der Waals surface area contributed by atoms with Crippen LogP contribution in [-0.2, 0) is 36.9 Å². The lowest BCUT2D eigenvalue weighted by Crippen LogP contribution is -2.58. The highest BCUT2D eigenvalue weighted by molar-refractivity contribution is 5.98. The summed E-state index contributed by atoms with van der Waals surface area (Å²) in [6.07, 6.45) is 6.80. The Kier molecular flexibility index (Phi) is 22.4. The minimum atomic E-state index is -0.869. The molecular formula is C63H80F3N9O8. The molecule has 0 radical (unpaired) electrons. The molecule has 9 rings (SSSR count). The number of halogens is 3. The normalized spacial score (nSPS) is 17.3. The molecule has 0 bridgehead atoms. The Bertz CT molecular complexity index is 3110. The summed E-state index contributed by atoms with van der Waals surface area (Å²) in [4.78, 5) is 101. The van der Waals surface area contributed by atoms with Crippen LogP contribution < -0.4 is 10.9 Å². The van der Waals surface area contributed by atoms with Crippen molar-refractivity contribution in [2.24, 2.45) is 5.92 Å². The fourth-order valence-corrected chi connectivity index (χ4v) is 11.1. The molecule has 5 aromatic rings. The van der Waals surface area contributed by atoms with Gasteiger partial charge in [-0.05, 0) is 106 Å². The van der Waals surface area contributed by atoms with E-state index in [4.69, 9.17) is 4.74 Å². The lowest BCUT2D eigenvalue weighted by Gasteiger charge is -2.39. The first kappa shape index (κ1) is 63.0. The average Bonchev–Trinajstić information content (AvgIpc) is 3.56. The fourth-order valence-electron chi connectivity index (χ4n) is 11.1. The summed E-state index contributed by atoms with van der Waals surface area (Å²) in [5.41, 5.74) is 2.64. The van der Waals surface area contributed by atoms with Gasteiger partial charge in [-0.3, -0.25) is 38.6 Å². The maximum atomic E-state index is 14.7. The minimum absolute atomic E-state index is 0.00994. The molecule has 4 fully saturated rings. The summed E-state index contributed by atoms with van der Waals surface area (Å²) in [5, 5.41) is 11.2. The molecule has 3 saturated heterocycles. The van der Waals surface area contributed by atoms with Gasteiger partial charge in [0.15, 0.2) is 0 Å². The zero-order chi connectivity index (χ0) is 59.8. The van der Waals surface area contributed by atoms with E-state index in [0.29, 0.717) is 94.8 Å². The van der Waals surface area contributed by atoms with Crippen LogP contribution >= 0.6 is 0 Å². The Morgan fingerprint density at radius 1 is 0.759 bits per heavy atom. The number of piperidine rings is 1. The van der Waals surface area contributed by atoms with Crippen molar-refractivity contribution in [2.75, 3.05) is 78.5 Å². The van der Waals surface area contributed by atoms with Crippen LogP contribution in [0.5, 0.6) is 0 Å². The number of benzene rings is 4. The minimum Gasteiger partial charge on any atom is -0.444 e. The number of aromatic nitrogens is 2. The van der Waals surface area contributed by atoms with Crippen LogP contribution in [0.25, 0.3) is 10.8 Å². The van der Waals surface area contributed by atoms with Crippen LogP contribution in [0.1, 0.15) is 124 Å². The number of hydrogen-bond acceptors (Lipinski definition) is 10. The zero-order valence-corrected chi connectivity index (χ0v) is 48.8. The third-order valence-corrected chi connectivity index (χ3v) is 15.7. The van der Waals surface area contributed by atoms with E-state index in [-0.39, 0.29) is 72.0 Å². The van der Waals surface area contributed by atoms with E-state index in [9.17, 15) is 46.7 Å². The van der Waals surface area contributed by atoms with Crippen molar-refractivity contribution in [3.8, 4) is 0 Å². The maximum Gasteiger partial charge on any atom is 0.411 e. The van der Waals surface area contributed by atoms with E-state index in [1.54, 1.807) is 66.7 Å². The number of ether oxygens (including phenoxy) is 1. The van der Waals surface area contributed by atoms with Crippen molar-refractivity contribution in [2.45, 2.75) is 117 Å². The molecule has 3 aliphatic heterocycles. The highest BCUT2D eigenvalue weighted by Gasteiger charge is 2.37. The highest BCUT2D eigenvalue weighted by Crippen LogP contribution is 2.31.